The van der Waals surface area contributed by atoms with Gasteiger partial charge in [0.2, 0.25) is 0 Å². The van der Waals surface area contributed by atoms with E-state index in [1.807, 2.05) is 7.11 Å². The Labute approximate surface area is 487 Å². The fourth-order valence-electron chi connectivity index (χ4n) is 14.2. The standard InChI is InChI=1S/C67H88I2N2OP4/c1-6-8-50-73(4,62-40-24-14-25-41-62)70(75(68)64(57-32-16-10-17-33-57)44-45-65(75)58-34-18-11-19-35-58)48-28-30-55-52-56(54-61(53-55)72-3)31-29-49-71(74(5,51-9-7-2)63-42-26-15-27-43-63)76(69)66(59-36-20-12-21-37-59)46-47-67(76)60-38-22-13-23-39-60/h10-27,32-43,52-54,64-67,73-76H,6-9,28-31,44-51H2,1-5H3/t64-,65-,66+,67+. The van der Waals surface area contributed by atoms with Crippen molar-refractivity contribution in [3.05, 3.63) is 234 Å². The van der Waals surface area contributed by atoms with Gasteiger partial charge in [-0.1, -0.05) is 0 Å². The van der Waals surface area contributed by atoms with Crippen LogP contribution in [-0.4, -0.2) is 54.7 Å². The second-order valence-electron chi connectivity index (χ2n) is 22.6. The first-order chi connectivity index (χ1) is 37.1. The molecule has 3 nitrogen and oxygen atoms in total. The Morgan fingerprint density at radius 2 is 0.724 bits per heavy atom. The van der Waals surface area contributed by atoms with E-state index in [4.69, 9.17) is 4.74 Å². The number of benzene rings is 7. The zero-order valence-electron chi connectivity index (χ0n) is 46.2. The molecular weight excluding hydrogens is 1230 g/mol. The molecule has 9 rings (SSSR count). The minimum absolute atomic E-state index is 0.563. The van der Waals surface area contributed by atoms with E-state index >= 15 is 0 Å². The van der Waals surface area contributed by atoms with Gasteiger partial charge in [-0.05, 0) is 0 Å². The monoisotopic (exact) mass is 1310 g/mol. The third-order valence-corrected chi connectivity index (χ3v) is 55.6. The van der Waals surface area contributed by atoms with E-state index < -0.39 is 24.9 Å². The quantitative estimate of drug-likeness (QED) is 0.0419. The molecule has 0 bridgehead atoms. The summed E-state index contributed by atoms with van der Waals surface area (Å²) in [4.78, 5) is 0. The van der Waals surface area contributed by atoms with Crippen LogP contribution in [0.5, 0.6) is 5.75 Å². The summed E-state index contributed by atoms with van der Waals surface area (Å²) in [5, 5.41) is -1.38. The van der Waals surface area contributed by atoms with Gasteiger partial charge in [0.25, 0.3) is 0 Å². The summed E-state index contributed by atoms with van der Waals surface area (Å²) in [7, 11) is -2.55. The Kier molecular flexibility index (Phi) is 20.8. The zero-order valence-corrected chi connectivity index (χ0v) is 54.5. The van der Waals surface area contributed by atoms with Crippen molar-refractivity contribution in [1.82, 2.24) is 8.88 Å². The molecule has 2 fully saturated rings. The van der Waals surface area contributed by atoms with Crippen molar-refractivity contribution in [2.45, 2.75) is 114 Å². The van der Waals surface area contributed by atoms with Crippen LogP contribution in [0.4, 0.5) is 0 Å². The number of rotatable bonds is 25. The number of nitrogens with zero attached hydrogens (tertiary/aromatic N) is 2. The maximum atomic E-state index is 6.21. The van der Waals surface area contributed by atoms with Crippen LogP contribution in [0.2, 0.25) is 0 Å². The minimum atomic E-state index is -2.30. The number of halogens is 2. The summed E-state index contributed by atoms with van der Waals surface area (Å²) in [6.45, 7) is 12.5. The second-order valence-corrected chi connectivity index (χ2v) is 49.0. The maximum absolute atomic E-state index is 6.21. The van der Waals surface area contributed by atoms with Crippen LogP contribution in [-0.2, 0) is 12.8 Å². The van der Waals surface area contributed by atoms with Crippen LogP contribution < -0.4 is 15.3 Å². The average Bonchev–Trinajstić information content (AvgIpc) is 4.03. The molecule has 0 N–H and O–H groups in total. The van der Waals surface area contributed by atoms with Crippen molar-refractivity contribution in [1.29, 1.82) is 0 Å². The summed E-state index contributed by atoms with van der Waals surface area (Å²) in [5.41, 5.74) is 11.3. The fourth-order valence-corrected chi connectivity index (χ4v) is 58.0. The molecule has 406 valence electrons. The molecular formula is C67H88I2N2OP4. The Balaban J connectivity index is 1.05. The first-order valence-electron chi connectivity index (χ1n) is 29.0. The van der Waals surface area contributed by atoms with Crippen LogP contribution in [0, 0.1) is 0 Å². The molecule has 0 amide bonds. The molecule has 2 aliphatic heterocycles. The Morgan fingerprint density at radius 1 is 0.434 bits per heavy atom. The fraction of sp³-hybridized carbons (Fsp3) is 0.373. The van der Waals surface area contributed by atoms with Crippen LogP contribution in [0.15, 0.2) is 200 Å². The molecule has 4 atom stereocenters. The van der Waals surface area contributed by atoms with Crippen molar-refractivity contribution in [3.63, 3.8) is 0 Å². The number of aryl methyl sites for hydroxylation is 2. The van der Waals surface area contributed by atoms with E-state index in [0.717, 1.165) is 44.5 Å². The van der Waals surface area contributed by atoms with Gasteiger partial charge < -0.3 is 0 Å². The number of hydrogen-bond acceptors (Lipinski definition) is 3. The van der Waals surface area contributed by atoms with Crippen molar-refractivity contribution in [2.75, 3.05) is 45.9 Å². The third-order valence-electron chi connectivity index (χ3n) is 18.1. The van der Waals surface area contributed by atoms with Crippen LogP contribution in [0.1, 0.15) is 134 Å². The predicted molar refractivity (Wildman–Crippen MR) is 363 cm³/mol. The molecule has 0 spiro atoms. The van der Waals surface area contributed by atoms with E-state index in [9.17, 15) is 0 Å². The molecule has 0 radical (unpaired) electrons. The van der Waals surface area contributed by atoms with Gasteiger partial charge in [0.15, 0.2) is 0 Å². The first kappa shape index (κ1) is 58.1. The SMILES string of the molecule is CCCC[PH](C)(c1ccccc1)N(CCCc1cc(CCCN([PH](C)(CCCC)c2ccccc2)[PH]2(I)[C@H](c3ccccc3)CC[C@H]2c2ccccc2)cc(OC)c1)[PH]1(I)[C@@H](c2ccccc2)CC[C@@H]1c1ccccc1. The third kappa shape index (κ3) is 12.6. The Bertz CT molecular complexity index is 2570. The molecule has 76 heavy (non-hydrogen) atoms. The molecule has 0 aromatic heterocycles. The molecule has 2 heterocycles. The summed E-state index contributed by atoms with van der Waals surface area (Å²) >= 11 is 6.35. The second kappa shape index (κ2) is 27.3. The number of hydrogen-bond donors (Lipinski definition) is 0. The molecule has 0 unspecified atom stereocenters. The van der Waals surface area contributed by atoms with Crippen molar-refractivity contribution in [2.24, 2.45) is 0 Å². The van der Waals surface area contributed by atoms with Crippen molar-refractivity contribution < 1.29 is 4.74 Å². The Hall–Kier alpha value is -2.56. The summed E-state index contributed by atoms with van der Waals surface area (Å²) in [5.74, 6) is 1.01. The van der Waals surface area contributed by atoms with Gasteiger partial charge in [0.05, 0.1) is 0 Å². The molecule has 9 heteroatoms. The molecule has 0 saturated carbocycles. The zero-order chi connectivity index (χ0) is 53.0. The van der Waals surface area contributed by atoms with Crippen LogP contribution in [0.3, 0.4) is 0 Å². The summed E-state index contributed by atoms with van der Waals surface area (Å²) < 4.78 is 12.8. The number of unbranched alkanes of at least 4 members (excludes halogenated alkanes) is 2. The van der Waals surface area contributed by atoms with Crippen molar-refractivity contribution in [3.8, 4) is 5.75 Å². The molecule has 2 aliphatic rings. The van der Waals surface area contributed by atoms with Crippen molar-refractivity contribution >= 4 is 79.6 Å². The predicted octanol–water partition coefficient (Wildman–Crippen LogP) is 19.6. The Morgan fingerprint density at radius 3 is 1.00 bits per heavy atom. The molecule has 7 aromatic rings. The summed E-state index contributed by atoms with van der Waals surface area (Å²) in [6, 6.07) is 77.8. The van der Waals surface area contributed by atoms with E-state index in [1.165, 1.54) is 74.8 Å². The van der Waals surface area contributed by atoms with E-state index in [-0.39, 0.29) is 0 Å². The topological polar surface area (TPSA) is 15.7 Å². The van der Waals surface area contributed by atoms with Gasteiger partial charge in [-0.25, -0.2) is 0 Å². The van der Waals surface area contributed by atoms with Gasteiger partial charge in [0.1, 0.15) is 0 Å². The number of methoxy groups -OCH3 is 1. The van der Waals surface area contributed by atoms with Gasteiger partial charge in [0, 0.05) is 0 Å². The summed E-state index contributed by atoms with van der Waals surface area (Å²) in [6.07, 6.45) is 16.9. The van der Waals surface area contributed by atoms with E-state index in [2.05, 4.69) is 280 Å². The molecule has 2 saturated heterocycles. The molecule has 7 aromatic carbocycles. The van der Waals surface area contributed by atoms with Gasteiger partial charge in [-0.15, -0.1) is 0 Å². The number of ether oxygens (including phenoxy) is 1. The molecule has 0 aliphatic carbocycles. The van der Waals surface area contributed by atoms with E-state index in [1.54, 1.807) is 32.9 Å². The average molecular weight is 1320 g/mol. The van der Waals surface area contributed by atoms with Crippen LogP contribution in [0.25, 0.3) is 0 Å². The normalized spacial score (nSPS) is 20.6. The van der Waals surface area contributed by atoms with Gasteiger partial charge in [-0.2, -0.15) is 0 Å². The van der Waals surface area contributed by atoms with Gasteiger partial charge >= 0.3 is 492 Å². The first-order valence-corrected chi connectivity index (χ1v) is 44.7. The van der Waals surface area contributed by atoms with E-state index in [0.29, 0.717) is 22.6 Å². The van der Waals surface area contributed by atoms with Gasteiger partial charge in [-0.3, -0.25) is 0 Å². The van der Waals surface area contributed by atoms with Crippen LogP contribution >= 0.6 is 69.0 Å².